The lowest BCUT2D eigenvalue weighted by Gasteiger charge is -2.28. The Bertz CT molecular complexity index is 432. The monoisotopic (exact) mass is 293 g/mol. The molecule has 1 aliphatic heterocycles. The lowest BCUT2D eigenvalue weighted by molar-refractivity contribution is -0.141. The molecule has 0 aliphatic carbocycles. The van der Waals surface area contributed by atoms with E-state index in [9.17, 15) is 18.0 Å². The zero-order chi connectivity index (χ0) is 14.5. The lowest BCUT2D eigenvalue weighted by Crippen LogP contribution is -2.43. The zero-order valence-corrected chi connectivity index (χ0v) is 11.7. The van der Waals surface area contributed by atoms with Crippen LogP contribution in [-0.4, -0.2) is 68.1 Å². The fraction of sp³-hybridized carbons (Fsp3) is 0.818. The molecule has 0 aromatic heterocycles. The van der Waals surface area contributed by atoms with Gasteiger partial charge in [-0.05, 0) is 6.42 Å². The lowest BCUT2D eigenvalue weighted by atomic mass is 10.2. The SMILES string of the molecule is COCCN(C(=O)CCC(=O)O)C1CCS(=O)(=O)C1. The third kappa shape index (κ3) is 5.15. The van der Waals surface area contributed by atoms with Gasteiger partial charge >= 0.3 is 5.97 Å². The van der Waals surface area contributed by atoms with Crippen LogP contribution >= 0.6 is 0 Å². The minimum Gasteiger partial charge on any atom is -0.481 e. The minimum atomic E-state index is -3.08. The summed E-state index contributed by atoms with van der Waals surface area (Å²) in [7, 11) is -1.59. The summed E-state index contributed by atoms with van der Waals surface area (Å²) in [4.78, 5) is 23.9. The average molecular weight is 293 g/mol. The van der Waals surface area contributed by atoms with Crippen molar-refractivity contribution in [1.29, 1.82) is 0 Å². The van der Waals surface area contributed by atoms with Crippen molar-refractivity contribution in [3.8, 4) is 0 Å². The van der Waals surface area contributed by atoms with E-state index in [1.165, 1.54) is 12.0 Å². The van der Waals surface area contributed by atoms with E-state index in [1.807, 2.05) is 0 Å². The van der Waals surface area contributed by atoms with Crippen molar-refractivity contribution >= 4 is 21.7 Å². The van der Waals surface area contributed by atoms with Gasteiger partial charge in [-0.25, -0.2) is 8.42 Å². The number of ether oxygens (including phenoxy) is 1. The number of methoxy groups -OCH3 is 1. The van der Waals surface area contributed by atoms with Crippen LogP contribution in [0.15, 0.2) is 0 Å². The fourth-order valence-electron chi connectivity index (χ4n) is 2.08. The molecule has 1 N–H and O–H groups in total. The van der Waals surface area contributed by atoms with Crippen molar-refractivity contribution in [3.05, 3.63) is 0 Å². The molecule has 110 valence electrons. The van der Waals surface area contributed by atoms with Crippen molar-refractivity contribution in [2.75, 3.05) is 31.8 Å². The summed E-state index contributed by atoms with van der Waals surface area (Å²) in [6.45, 7) is 0.588. The summed E-state index contributed by atoms with van der Waals surface area (Å²) in [5.41, 5.74) is 0. The first kappa shape index (κ1) is 15.9. The fourth-order valence-corrected chi connectivity index (χ4v) is 3.81. The Morgan fingerprint density at radius 3 is 2.53 bits per heavy atom. The molecule has 1 heterocycles. The number of hydrogen-bond donors (Lipinski definition) is 1. The molecule has 1 aliphatic rings. The summed E-state index contributed by atoms with van der Waals surface area (Å²) < 4.78 is 27.8. The van der Waals surface area contributed by atoms with E-state index in [0.29, 0.717) is 13.0 Å². The number of carbonyl (C=O) groups excluding carboxylic acids is 1. The number of carboxylic acid groups (broad SMARTS) is 1. The number of nitrogens with zero attached hydrogens (tertiary/aromatic N) is 1. The molecule has 1 saturated heterocycles. The molecule has 0 bridgehead atoms. The van der Waals surface area contributed by atoms with E-state index < -0.39 is 15.8 Å². The van der Waals surface area contributed by atoms with Gasteiger partial charge < -0.3 is 14.7 Å². The third-order valence-corrected chi connectivity index (χ3v) is 4.81. The average Bonchev–Trinajstić information content (AvgIpc) is 2.67. The Kier molecular flexibility index (Phi) is 5.74. The van der Waals surface area contributed by atoms with Gasteiger partial charge in [0, 0.05) is 26.1 Å². The summed E-state index contributed by atoms with van der Waals surface area (Å²) in [5.74, 6) is -1.34. The van der Waals surface area contributed by atoms with Gasteiger partial charge in [0.05, 0.1) is 24.5 Å². The first-order valence-electron chi connectivity index (χ1n) is 6.06. The molecule has 0 aromatic rings. The van der Waals surface area contributed by atoms with Gasteiger partial charge in [-0.3, -0.25) is 9.59 Å². The Morgan fingerprint density at radius 1 is 1.37 bits per heavy atom. The van der Waals surface area contributed by atoms with Crippen LogP contribution in [0.5, 0.6) is 0 Å². The number of carbonyl (C=O) groups is 2. The van der Waals surface area contributed by atoms with E-state index in [0.717, 1.165) is 0 Å². The number of rotatable bonds is 7. The molecule has 7 nitrogen and oxygen atoms in total. The Morgan fingerprint density at radius 2 is 2.05 bits per heavy atom. The van der Waals surface area contributed by atoms with Crippen LogP contribution in [0.3, 0.4) is 0 Å². The Labute approximate surface area is 112 Å². The molecule has 1 rings (SSSR count). The van der Waals surface area contributed by atoms with Gasteiger partial charge in [-0.1, -0.05) is 0 Å². The second-order valence-electron chi connectivity index (χ2n) is 4.53. The number of carboxylic acids is 1. The number of amides is 1. The predicted octanol–water partition coefficient (Wildman–Crippen LogP) is -0.487. The summed E-state index contributed by atoms with van der Waals surface area (Å²) in [5, 5.41) is 8.58. The molecular weight excluding hydrogens is 274 g/mol. The van der Waals surface area contributed by atoms with E-state index in [1.54, 1.807) is 0 Å². The Balaban J connectivity index is 2.66. The van der Waals surface area contributed by atoms with Gasteiger partial charge in [-0.2, -0.15) is 0 Å². The molecular formula is C11H19NO6S. The summed E-state index contributed by atoms with van der Waals surface area (Å²) >= 11 is 0. The quantitative estimate of drug-likeness (QED) is 0.680. The van der Waals surface area contributed by atoms with Crippen molar-refractivity contribution < 1.29 is 27.9 Å². The topological polar surface area (TPSA) is 101 Å². The molecule has 0 aromatic carbocycles. The van der Waals surface area contributed by atoms with Crippen molar-refractivity contribution in [3.63, 3.8) is 0 Å². The van der Waals surface area contributed by atoms with E-state index in [2.05, 4.69) is 0 Å². The molecule has 1 amide bonds. The maximum absolute atomic E-state index is 12.0. The molecule has 0 spiro atoms. The maximum atomic E-state index is 12.0. The molecule has 1 unspecified atom stereocenters. The van der Waals surface area contributed by atoms with Crippen LogP contribution in [-0.2, 0) is 24.2 Å². The minimum absolute atomic E-state index is 0.0461. The van der Waals surface area contributed by atoms with Gasteiger partial charge in [0.25, 0.3) is 0 Å². The highest BCUT2D eigenvalue weighted by Gasteiger charge is 2.34. The molecule has 19 heavy (non-hydrogen) atoms. The maximum Gasteiger partial charge on any atom is 0.303 e. The van der Waals surface area contributed by atoms with Crippen LogP contribution in [0.1, 0.15) is 19.3 Å². The third-order valence-electron chi connectivity index (χ3n) is 3.06. The molecule has 1 atom stereocenters. The second kappa shape index (κ2) is 6.85. The van der Waals surface area contributed by atoms with Gasteiger partial charge in [0.15, 0.2) is 9.84 Å². The van der Waals surface area contributed by atoms with Crippen LogP contribution in [0.25, 0.3) is 0 Å². The van der Waals surface area contributed by atoms with Crippen molar-refractivity contribution in [1.82, 2.24) is 4.90 Å². The Hall–Kier alpha value is -1.15. The molecule has 0 saturated carbocycles. The number of sulfone groups is 1. The van der Waals surface area contributed by atoms with E-state index in [-0.39, 0.29) is 42.8 Å². The summed E-state index contributed by atoms with van der Waals surface area (Å²) in [6, 6.07) is -0.360. The first-order chi connectivity index (χ1) is 8.85. The molecule has 8 heteroatoms. The largest absolute Gasteiger partial charge is 0.481 e. The smallest absolute Gasteiger partial charge is 0.303 e. The van der Waals surface area contributed by atoms with Gasteiger partial charge in [0.2, 0.25) is 5.91 Å². The van der Waals surface area contributed by atoms with Crippen LogP contribution in [0.4, 0.5) is 0 Å². The highest BCUT2D eigenvalue weighted by atomic mass is 32.2. The van der Waals surface area contributed by atoms with Crippen molar-refractivity contribution in [2.45, 2.75) is 25.3 Å². The first-order valence-corrected chi connectivity index (χ1v) is 7.88. The summed E-state index contributed by atoms with van der Waals surface area (Å²) in [6.07, 6.45) is 0.0439. The van der Waals surface area contributed by atoms with E-state index in [4.69, 9.17) is 9.84 Å². The van der Waals surface area contributed by atoms with Crippen molar-refractivity contribution in [2.24, 2.45) is 0 Å². The predicted molar refractivity (Wildman–Crippen MR) is 67.5 cm³/mol. The van der Waals surface area contributed by atoms with Crippen LogP contribution in [0, 0.1) is 0 Å². The zero-order valence-electron chi connectivity index (χ0n) is 10.9. The number of aliphatic carboxylic acids is 1. The van der Waals surface area contributed by atoms with Crippen LogP contribution < -0.4 is 0 Å². The van der Waals surface area contributed by atoms with Crippen LogP contribution in [0.2, 0.25) is 0 Å². The van der Waals surface area contributed by atoms with Gasteiger partial charge in [-0.15, -0.1) is 0 Å². The highest BCUT2D eigenvalue weighted by molar-refractivity contribution is 7.91. The second-order valence-corrected chi connectivity index (χ2v) is 6.76. The molecule has 0 radical (unpaired) electrons. The normalized spacial score (nSPS) is 21.2. The van der Waals surface area contributed by atoms with Gasteiger partial charge in [0.1, 0.15) is 0 Å². The standard InChI is InChI=1S/C11H19NO6S/c1-18-6-5-12(10(13)2-3-11(14)15)9-4-7-19(16,17)8-9/h9H,2-8H2,1H3,(H,14,15). The highest BCUT2D eigenvalue weighted by Crippen LogP contribution is 2.18. The number of hydrogen-bond acceptors (Lipinski definition) is 5. The molecule has 1 fully saturated rings. The van der Waals surface area contributed by atoms with E-state index >= 15 is 0 Å².